The molecule has 0 aliphatic carbocycles. The second kappa shape index (κ2) is 8.82. The molecule has 0 aromatic heterocycles. The zero-order valence-electron chi connectivity index (χ0n) is 13.8. The number of nitrogens with zero attached hydrogens (tertiary/aromatic N) is 1. The van der Waals surface area contributed by atoms with Crippen LogP contribution < -0.4 is 15.4 Å². The lowest BCUT2D eigenvalue weighted by Gasteiger charge is -2.08. The van der Waals surface area contributed by atoms with Crippen molar-refractivity contribution < 1.29 is 19.2 Å². The molecule has 26 heavy (non-hydrogen) atoms. The van der Waals surface area contributed by atoms with Crippen LogP contribution >= 0.6 is 11.6 Å². The van der Waals surface area contributed by atoms with E-state index < -0.39 is 10.8 Å². The Balaban J connectivity index is 1.86. The van der Waals surface area contributed by atoms with Crippen LogP contribution in [0, 0.1) is 10.1 Å². The highest BCUT2D eigenvalue weighted by Crippen LogP contribution is 2.27. The summed E-state index contributed by atoms with van der Waals surface area (Å²) in [5.74, 6) is -0.175. The highest BCUT2D eigenvalue weighted by molar-refractivity contribution is 6.32. The van der Waals surface area contributed by atoms with Gasteiger partial charge in [0, 0.05) is 30.3 Å². The van der Waals surface area contributed by atoms with Gasteiger partial charge in [-0.1, -0.05) is 17.7 Å². The fourth-order valence-corrected chi connectivity index (χ4v) is 2.30. The zero-order valence-corrected chi connectivity index (χ0v) is 14.6. The van der Waals surface area contributed by atoms with E-state index in [4.69, 9.17) is 16.3 Å². The molecule has 8 nitrogen and oxygen atoms in total. The third-order valence-corrected chi connectivity index (χ3v) is 3.72. The molecule has 0 aliphatic heterocycles. The summed E-state index contributed by atoms with van der Waals surface area (Å²) < 4.78 is 5.05. The van der Waals surface area contributed by atoms with Crippen LogP contribution in [0.15, 0.2) is 42.5 Å². The summed E-state index contributed by atoms with van der Waals surface area (Å²) in [5, 5.41) is 16.0. The number of nitro benzene ring substituents is 1. The summed E-state index contributed by atoms with van der Waals surface area (Å²) in [6.07, 6.45) is 0.00608. The summed E-state index contributed by atoms with van der Waals surface area (Å²) in [4.78, 5) is 34.1. The number of halogens is 1. The van der Waals surface area contributed by atoms with Gasteiger partial charge in [-0.05, 0) is 30.3 Å². The van der Waals surface area contributed by atoms with Crippen molar-refractivity contribution in [2.24, 2.45) is 0 Å². The number of carbonyl (C=O) groups excluding carboxylic acids is 2. The van der Waals surface area contributed by atoms with Gasteiger partial charge in [-0.3, -0.25) is 19.7 Å². The van der Waals surface area contributed by atoms with E-state index in [1.807, 2.05) is 0 Å². The Bertz CT molecular complexity index is 841. The second-order valence-corrected chi connectivity index (χ2v) is 5.62. The van der Waals surface area contributed by atoms with Crippen molar-refractivity contribution in [3.05, 3.63) is 63.2 Å². The van der Waals surface area contributed by atoms with Crippen molar-refractivity contribution in [1.82, 2.24) is 5.32 Å². The van der Waals surface area contributed by atoms with Crippen LogP contribution in [-0.4, -0.2) is 30.4 Å². The Kier molecular flexibility index (Phi) is 6.51. The van der Waals surface area contributed by atoms with Crippen molar-refractivity contribution in [3.8, 4) is 5.75 Å². The van der Waals surface area contributed by atoms with Gasteiger partial charge in [-0.2, -0.15) is 0 Å². The average Bonchev–Trinajstić information content (AvgIpc) is 2.63. The maximum Gasteiger partial charge on any atom is 0.289 e. The number of nitro groups is 1. The van der Waals surface area contributed by atoms with E-state index >= 15 is 0 Å². The Hall–Kier alpha value is -3.13. The molecule has 0 heterocycles. The van der Waals surface area contributed by atoms with Gasteiger partial charge in [0.2, 0.25) is 5.91 Å². The number of hydrogen-bond donors (Lipinski definition) is 2. The van der Waals surface area contributed by atoms with Gasteiger partial charge in [0.05, 0.1) is 12.0 Å². The third-order valence-electron chi connectivity index (χ3n) is 3.40. The van der Waals surface area contributed by atoms with Crippen molar-refractivity contribution in [3.63, 3.8) is 0 Å². The number of rotatable bonds is 7. The van der Waals surface area contributed by atoms with E-state index in [0.717, 1.165) is 0 Å². The summed E-state index contributed by atoms with van der Waals surface area (Å²) in [6.45, 7) is 0.109. The lowest BCUT2D eigenvalue weighted by molar-refractivity contribution is -0.384. The first kappa shape index (κ1) is 19.2. The maximum absolute atomic E-state index is 12.0. The predicted octanol–water partition coefficient (Wildman–Crippen LogP) is 3.02. The molecule has 2 aromatic rings. The van der Waals surface area contributed by atoms with E-state index in [-0.39, 0.29) is 35.3 Å². The number of nitrogens with one attached hydrogen (secondary N) is 2. The van der Waals surface area contributed by atoms with Gasteiger partial charge in [0.1, 0.15) is 10.8 Å². The van der Waals surface area contributed by atoms with Gasteiger partial charge < -0.3 is 15.4 Å². The van der Waals surface area contributed by atoms with Crippen LogP contribution in [-0.2, 0) is 4.79 Å². The molecule has 0 bridgehead atoms. The molecule has 0 unspecified atom stereocenters. The molecule has 2 aromatic carbocycles. The van der Waals surface area contributed by atoms with Gasteiger partial charge in [-0.25, -0.2) is 0 Å². The van der Waals surface area contributed by atoms with Crippen LogP contribution in [0.3, 0.4) is 0 Å². The first-order chi connectivity index (χ1) is 12.4. The van der Waals surface area contributed by atoms with Crippen molar-refractivity contribution >= 4 is 34.8 Å². The van der Waals surface area contributed by atoms with Crippen LogP contribution in [0.1, 0.15) is 16.8 Å². The highest BCUT2D eigenvalue weighted by Gasteiger charge is 2.14. The number of hydrogen-bond acceptors (Lipinski definition) is 5. The van der Waals surface area contributed by atoms with Crippen molar-refractivity contribution in [2.45, 2.75) is 6.42 Å². The van der Waals surface area contributed by atoms with Crippen LogP contribution in [0.25, 0.3) is 0 Å². The van der Waals surface area contributed by atoms with Crippen molar-refractivity contribution in [1.29, 1.82) is 0 Å². The minimum Gasteiger partial charge on any atom is -0.497 e. The van der Waals surface area contributed by atoms with E-state index in [1.54, 1.807) is 24.3 Å². The molecular weight excluding hydrogens is 362 g/mol. The SMILES string of the molecule is COc1cccc(C(=O)NCCC(=O)Nc2ccc(Cl)c([N+](=O)[O-])c2)c1. The van der Waals surface area contributed by atoms with Crippen LogP contribution in [0.2, 0.25) is 5.02 Å². The number of benzene rings is 2. The lowest BCUT2D eigenvalue weighted by Crippen LogP contribution is -2.27. The standard InChI is InChI=1S/C17H16ClN3O5/c1-26-13-4-2-3-11(9-13)17(23)19-8-7-16(22)20-12-5-6-14(18)15(10-12)21(24)25/h2-6,9-10H,7-8H2,1H3,(H,19,23)(H,20,22). The number of methoxy groups -OCH3 is 1. The molecule has 2 amide bonds. The normalized spacial score (nSPS) is 10.1. The maximum atomic E-state index is 12.0. The summed E-state index contributed by atoms with van der Waals surface area (Å²) >= 11 is 5.72. The van der Waals surface area contributed by atoms with Crippen LogP contribution in [0.5, 0.6) is 5.75 Å². The Morgan fingerprint density at radius 1 is 1.23 bits per heavy atom. The van der Waals surface area contributed by atoms with Gasteiger partial charge in [0.15, 0.2) is 0 Å². The van der Waals surface area contributed by atoms with E-state index in [2.05, 4.69) is 10.6 Å². The quantitative estimate of drug-likeness (QED) is 0.569. The molecule has 9 heteroatoms. The first-order valence-corrected chi connectivity index (χ1v) is 7.94. The van der Waals surface area contributed by atoms with Gasteiger partial charge in [-0.15, -0.1) is 0 Å². The largest absolute Gasteiger partial charge is 0.497 e. The molecule has 0 saturated heterocycles. The number of carbonyl (C=O) groups is 2. The zero-order chi connectivity index (χ0) is 19.1. The number of anilines is 1. The van der Waals surface area contributed by atoms with Crippen LogP contribution in [0.4, 0.5) is 11.4 Å². The molecule has 0 aliphatic rings. The number of ether oxygens (including phenoxy) is 1. The molecule has 0 fully saturated rings. The molecule has 0 saturated carbocycles. The highest BCUT2D eigenvalue weighted by atomic mass is 35.5. The molecule has 0 radical (unpaired) electrons. The Labute approximate surface area is 154 Å². The summed E-state index contributed by atoms with van der Waals surface area (Å²) in [6, 6.07) is 10.6. The summed E-state index contributed by atoms with van der Waals surface area (Å²) in [5.41, 5.74) is 0.374. The number of amides is 2. The minimum atomic E-state index is -0.633. The van der Waals surface area contributed by atoms with Gasteiger partial charge in [0.25, 0.3) is 11.6 Å². The summed E-state index contributed by atoms with van der Waals surface area (Å²) in [7, 11) is 1.50. The van der Waals surface area contributed by atoms with E-state index in [0.29, 0.717) is 11.3 Å². The van der Waals surface area contributed by atoms with Gasteiger partial charge >= 0.3 is 0 Å². The average molecular weight is 378 g/mol. The molecule has 2 rings (SSSR count). The first-order valence-electron chi connectivity index (χ1n) is 7.56. The smallest absolute Gasteiger partial charge is 0.289 e. The minimum absolute atomic E-state index is 0.00608. The molecule has 0 atom stereocenters. The van der Waals surface area contributed by atoms with E-state index in [1.165, 1.54) is 25.3 Å². The second-order valence-electron chi connectivity index (χ2n) is 5.21. The monoisotopic (exact) mass is 377 g/mol. The Morgan fingerprint density at radius 2 is 2.00 bits per heavy atom. The molecule has 136 valence electrons. The molecule has 0 spiro atoms. The Morgan fingerprint density at radius 3 is 2.69 bits per heavy atom. The lowest BCUT2D eigenvalue weighted by atomic mass is 10.2. The van der Waals surface area contributed by atoms with E-state index in [9.17, 15) is 19.7 Å². The molecular formula is C17H16ClN3O5. The molecule has 2 N–H and O–H groups in total. The third kappa shape index (κ3) is 5.18. The predicted molar refractivity (Wildman–Crippen MR) is 96.7 cm³/mol. The van der Waals surface area contributed by atoms with Crippen molar-refractivity contribution in [2.75, 3.05) is 19.0 Å². The topological polar surface area (TPSA) is 111 Å². The fourth-order valence-electron chi connectivity index (χ4n) is 2.11. The fraction of sp³-hybridized carbons (Fsp3) is 0.176.